The summed E-state index contributed by atoms with van der Waals surface area (Å²) in [4.78, 5) is 35.5. The van der Waals surface area contributed by atoms with Crippen LogP contribution < -0.4 is 5.32 Å². The molecule has 0 saturated heterocycles. The lowest BCUT2D eigenvalue weighted by atomic mass is 10.2. The van der Waals surface area contributed by atoms with E-state index in [-0.39, 0.29) is 24.3 Å². The summed E-state index contributed by atoms with van der Waals surface area (Å²) in [5.74, 6) is -0.926. The zero-order valence-electron chi connectivity index (χ0n) is 12.1. The minimum Gasteiger partial charge on any atom is -0.352 e. The molecular formula is C16H14Cl2N2O3. The Kier molecular flexibility index (Phi) is 5.96. The highest BCUT2D eigenvalue weighted by atomic mass is 35.5. The molecule has 3 amide bonds. The number of benzene rings is 1. The van der Waals surface area contributed by atoms with Crippen LogP contribution in [-0.2, 0) is 14.4 Å². The van der Waals surface area contributed by atoms with Gasteiger partial charge in [-0.1, -0.05) is 29.3 Å². The molecule has 23 heavy (non-hydrogen) atoms. The molecule has 0 aliphatic carbocycles. The Morgan fingerprint density at radius 1 is 1.17 bits per heavy atom. The van der Waals surface area contributed by atoms with Crippen molar-refractivity contribution in [2.24, 2.45) is 0 Å². The fourth-order valence-corrected chi connectivity index (χ4v) is 2.43. The molecule has 0 radical (unpaired) electrons. The molecule has 0 bridgehead atoms. The average Bonchev–Trinajstić information content (AvgIpc) is 2.82. The molecular weight excluding hydrogens is 339 g/mol. The van der Waals surface area contributed by atoms with Gasteiger partial charge < -0.3 is 5.32 Å². The van der Waals surface area contributed by atoms with Gasteiger partial charge in [0.15, 0.2) is 0 Å². The molecule has 0 unspecified atom stereocenters. The van der Waals surface area contributed by atoms with Crippen LogP contribution in [0.4, 0.5) is 0 Å². The number of amides is 3. The Bertz CT molecular complexity index is 681. The minimum absolute atomic E-state index is 0.275. The van der Waals surface area contributed by atoms with Crippen molar-refractivity contribution in [3.05, 3.63) is 52.0 Å². The number of hydrogen-bond acceptors (Lipinski definition) is 3. The van der Waals surface area contributed by atoms with E-state index in [1.54, 1.807) is 24.3 Å². The first-order valence-corrected chi connectivity index (χ1v) is 7.67. The van der Waals surface area contributed by atoms with Gasteiger partial charge in [-0.15, -0.1) is 0 Å². The van der Waals surface area contributed by atoms with Crippen molar-refractivity contribution in [1.82, 2.24) is 10.2 Å². The SMILES string of the molecule is O=C(/C=C/c1ccc(Cl)cc1Cl)NCCCN1C(=O)C=CC1=O. The van der Waals surface area contributed by atoms with Crippen molar-refractivity contribution in [2.75, 3.05) is 13.1 Å². The molecule has 0 saturated carbocycles. The third-order valence-electron chi connectivity index (χ3n) is 3.14. The molecule has 1 aromatic rings. The Hall–Kier alpha value is -2.11. The van der Waals surface area contributed by atoms with E-state index in [1.807, 2.05) is 0 Å². The van der Waals surface area contributed by atoms with Gasteiger partial charge in [-0.25, -0.2) is 0 Å². The molecule has 2 rings (SSSR count). The smallest absolute Gasteiger partial charge is 0.253 e. The fourth-order valence-electron chi connectivity index (χ4n) is 1.96. The van der Waals surface area contributed by atoms with E-state index in [4.69, 9.17) is 23.2 Å². The quantitative estimate of drug-likeness (QED) is 0.485. The molecule has 120 valence electrons. The van der Waals surface area contributed by atoms with Crippen LogP contribution in [0.2, 0.25) is 10.0 Å². The van der Waals surface area contributed by atoms with Crippen molar-refractivity contribution in [3.8, 4) is 0 Å². The number of carbonyl (C=O) groups excluding carboxylic acids is 3. The van der Waals surface area contributed by atoms with Crippen LogP contribution in [-0.4, -0.2) is 35.7 Å². The highest BCUT2D eigenvalue weighted by Crippen LogP contribution is 2.21. The van der Waals surface area contributed by atoms with Gasteiger partial charge in [0.25, 0.3) is 11.8 Å². The summed E-state index contributed by atoms with van der Waals surface area (Å²) >= 11 is 11.8. The zero-order chi connectivity index (χ0) is 16.8. The van der Waals surface area contributed by atoms with Crippen molar-refractivity contribution in [1.29, 1.82) is 0 Å². The molecule has 0 aromatic heterocycles. The van der Waals surface area contributed by atoms with Crippen molar-refractivity contribution in [2.45, 2.75) is 6.42 Å². The second kappa shape index (κ2) is 7.94. The summed E-state index contributed by atoms with van der Waals surface area (Å²) < 4.78 is 0. The van der Waals surface area contributed by atoms with Gasteiger partial charge in [0.05, 0.1) is 0 Å². The molecule has 1 N–H and O–H groups in total. The number of halogens is 2. The third kappa shape index (κ3) is 4.94. The average molecular weight is 353 g/mol. The highest BCUT2D eigenvalue weighted by molar-refractivity contribution is 6.35. The van der Waals surface area contributed by atoms with Crippen LogP contribution in [0.15, 0.2) is 36.4 Å². The van der Waals surface area contributed by atoms with Crippen LogP contribution in [0.5, 0.6) is 0 Å². The molecule has 7 heteroatoms. The largest absolute Gasteiger partial charge is 0.352 e. The molecule has 5 nitrogen and oxygen atoms in total. The molecule has 0 fully saturated rings. The summed E-state index contributed by atoms with van der Waals surface area (Å²) in [7, 11) is 0. The monoisotopic (exact) mass is 352 g/mol. The molecule has 0 spiro atoms. The number of imide groups is 1. The van der Waals surface area contributed by atoms with E-state index >= 15 is 0 Å². The van der Waals surface area contributed by atoms with E-state index in [0.717, 1.165) is 4.90 Å². The predicted octanol–water partition coefficient (Wildman–Crippen LogP) is 2.44. The predicted molar refractivity (Wildman–Crippen MR) is 89.0 cm³/mol. The van der Waals surface area contributed by atoms with Crippen molar-refractivity contribution in [3.63, 3.8) is 0 Å². The lowest BCUT2D eigenvalue weighted by Crippen LogP contribution is -2.33. The Morgan fingerprint density at radius 3 is 2.52 bits per heavy atom. The van der Waals surface area contributed by atoms with E-state index < -0.39 is 0 Å². The first-order chi connectivity index (χ1) is 11.0. The van der Waals surface area contributed by atoms with Gasteiger partial charge in [-0.3, -0.25) is 19.3 Å². The standard InChI is InChI=1S/C16H14Cl2N2O3/c17-12-4-2-11(13(18)10-12)3-5-14(21)19-8-1-9-20-15(22)6-7-16(20)23/h2-7,10H,1,8-9H2,(H,19,21)/b5-3+. The highest BCUT2D eigenvalue weighted by Gasteiger charge is 2.22. The normalized spacial score (nSPS) is 14.1. The molecule has 1 aliphatic heterocycles. The second-order valence-corrected chi connectivity index (χ2v) is 5.65. The van der Waals surface area contributed by atoms with Crippen molar-refractivity contribution >= 4 is 47.0 Å². The number of nitrogens with zero attached hydrogens (tertiary/aromatic N) is 1. The maximum atomic E-state index is 11.7. The second-order valence-electron chi connectivity index (χ2n) is 4.81. The minimum atomic E-state index is -0.321. The van der Waals surface area contributed by atoms with Crippen LogP contribution in [0.1, 0.15) is 12.0 Å². The Morgan fingerprint density at radius 2 is 1.87 bits per heavy atom. The number of nitrogens with one attached hydrogen (secondary N) is 1. The van der Waals surface area contributed by atoms with E-state index in [0.29, 0.717) is 28.6 Å². The van der Waals surface area contributed by atoms with E-state index in [2.05, 4.69) is 5.32 Å². The fraction of sp³-hybridized carbons (Fsp3) is 0.188. The van der Waals surface area contributed by atoms with Crippen LogP contribution >= 0.6 is 23.2 Å². The van der Waals surface area contributed by atoms with E-state index in [9.17, 15) is 14.4 Å². The Labute approximate surface area is 143 Å². The first kappa shape index (κ1) is 17.2. The van der Waals surface area contributed by atoms with Gasteiger partial charge in [0, 0.05) is 41.4 Å². The molecule has 1 aliphatic rings. The number of hydrogen-bond donors (Lipinski definition) is 1. The van der Waals surface area contributed by atoms with E-state index in [1.165, 1.54) is 18.2 Å². The number of rotatable bonds is 6. The van der Waals surface area contributed by atoms with Gasteiger partial charge in [-0.05, 0) is 30.2 Å². The summed E-state index contributed by atoms with van der Waals surface area (Å²) in [6, 6.07) is 4.99. The third-order valence-corrected chi connectivity index (χ3v) is 3.70. The summed E-state index contributed by atoms with van der Waals surface area (Å²) in [5, 5.41) is 3.66. The van der Waals surface area contributed by atoms with Crippen LogP contribution in [0.25, 0.3) is 6.08 Å². The van der Waals surface area contributed by atoms with Crippen molar-refractivity contribution < 1.29 is 14.4 Å². The van der Waals surface area contributed by atoms with Gasteiger partial charge in [-0.2, -0.15) is 0 Å². The Balaban J connectivity index is 1.74. The summed E-state index contributed by atoms with van der Waals surface area (Å²) in [6.45, 7) is 0.631. The molecule has 1 heterocycles. The summed E-state index contributed by atoms with van der Waals surface area (Å²) in [5.41, 5.74) is 0.686. The topological polar surface area (TPSA) is 66.5 Å². The van der Waals surface area contributed by atoms with Crippen LogP contribution in [0, 0.1) is 0 Å². The summed E-state index contributed by atoms with van der Waals surface area (Å²) in [6.07, 6.45) is 5.91. The lowest BCUT2D eigenvalue weighted by molar-refractivity contribution is -0.136. The van der Waals surface area contributed by atoms with Crippen LogP contribution in [0.3, 0.4) is 0 Å². The molecule has 1 aromatic carbocycles. The first-order valence-electron chi connectivity index (χ1n) is 6.92. The van der Waals surface area contributed by atoms with Gasteiger partial charge in [0.2, 0.25) is 5.91 Å². The molecule has 0 atom stereocenters. The van der Waals surface area contributed by atoms with Gasteiger partial charge in [0.1, 0.15) is 0 Å². The maximum Gasteiger partial charge on any atom is 0.253 e. The maximum absolute atomic E-state index is 11.7. The zero-order valence-corrected chi connectivity index (χ0v) is 13.6. The number of carbonyl (C=O) groups is 3. The van der Waals surface area contributed by atoms with Gasteiger partial charge >= 0.3 is 0 Å². The lowest BCUT2D eigenvalue weighted by Gasteiger charge is -2.13.